The van der Waals surface area contributed by atoms with Crippen LogP contribution in [0.3, 0.4) is 0 Å². The fraction of sp³-hybridized carbons (Fsp3) is 0.875. The molecule has 0 N–H and O–H groups in total. The van der Waals surface area contributed by atoms with Gasteiger partial charge in [-0.1, -0.05) is 6.92 Å². The Bertz CT molecular complexity index is 171. The minimum atomic E-state index is -4.16. The van der Waals surface area contributed by atoms with Gasteiger partial charge in [0.15, 0.2) is 0 Å². The lowest BCUT2D eigenvalue weighted by Gasteiger charge is -2.21. The van der Waals surface area contributed by atoms with Crippen molar-refractivity contribution in [2.45, 2.75) is 25.9 Å². The van der Waals surface area contributed by atoms with Crippen LogP contribution in [0.15, 0.2) is 0 Å². The maximum Gasteiger partial charge on any atom is 0.401 e. The summed E-state index contributed by atoms with van der Waals surface area (Å²) >= 11 is 0. The summed E-state index contributed by atoms with van der Waals surface area (Å²) in [5.74, 6) is 0. The lowest BCUT2D eigenvalue weighted by molar-refractivity contribution is -0.145. The highest BCUT2D eigenvalue weighted by Gasteiger charge is 2.29. The molecule has 0 aromatic heterocycles. The van der Waals surface area contributed by atoms with E-state index in [1.807, 2.05) is 13.0 Å². The van der Waals surface area contributed by atoms with E-state index in [-0.39, 0.29) is 13.0 Å². The second-order valence-electron chi connectivity index (χ2n) is 2.80. The molecule has 0 fully saturated rings. The molecule has 0 amide bonds. The molecule has 0 unspecified atom stereocenters. The highest BCUT2D eigenvalue weighted by molar-refractivity contribution is 4.73. The van der Waals surface area contributed by atoms with Crippen LogP contribution in [0.2, 0.25) is 0 Å². The third-order valence-corrected chi connectivity index (χ3v) is 1.48. The van der Waals surface area contributed by atoms with Crippen LogP contribution in [-0.2, 0) is 0 Å². The predicted octanol–water partition coefficient (Wildman–Crippen LogP) is 2.17. The van der Waals surface area contributed by atoms with Gasteiger partial charge in [0, 0.05) is 13.0 Å². The quantitative estimate of drug-likeness (QED) is 0.670. The topological polar surface area (TPSA) is 27.0 Å². The summed E-state index contributed by atoms with van der Waals surface area (Å²) in [5, 5.41) is 8.22. The maximum atomic E-state index is 11.9. The summed E-state index contributed by atoms with van der Waals surface area (Å²) in [4.78, 5) is 1.25. The van der Waals surface area contributed by atoms with Gasteiger partial charge in [0.25, 0.3) is 0 Å². The first-order chi connectivity index (χ1) is 5.99. The monoisotopic (exact) mass is 194 g/mol. The largest absolute Gasteiger partial charge is 0.401 e. The Kier molecular flexibility index (Phi) is 5.47. The molecule has 13 heavy (non-hydrogen) atoms. The van der Waals surface area contributed by atoms with E-state index in [9.17, 15) is 13.2 Å². The zero-order chi connectivity index (χ0) is 10.3. The molecule has 0 rings (SSSR count). The fourth-order valence-electron chi connectivity index (χ4n) is 1.05. The van der Waals surface area contributed by atoms with Gasteiger partial charge in [0.2, 0.25) is 0 Å². The van der Waals surface area contributed by atoms with Gasteiger partial charge in [0.1, 0.15) is 0 Å². The van der Waals surface area contributed by atoms with Crippen LogP contribution in [0.4, 0.5) is 13.2 Å². The van der Waals surface area contributed by atoms with Crippen LogP contribution in [0.5, 0.6) is 0 Å². The van der Waals surface area contributed by atoms with Gasteiger partial charge < -0.3 is 0 Å². The minimum absolute atomic E-state index is 0.149. The average molecular weight is 194 g/mol. The number of hydrogen-bond acceptors (Lipinski definition) is 2. The standard InChI is InChI=1S/C8H13F3N2/c1-2-5-13(6-3-4-12)7-8(9,10)11/h2-3,5-7H2,1H3. The van der Waals surface area contributed by atoms with Crippen molar-refractivity contribution >= 4 is 0 Å². The lowest BCUT2D eigenvalue weighted by atomic mass is 10.3. The molecule has 0 saturated heterocycles. The number of hydrogen-bond donors (Lipinski definition) is 0. The summed E-state index contributed by atoms with van der Waals surface area (Å²) in [6.07, 6.45) is -3.35. The zero-order valence-corrected chi connectivity index (χ0v) is 7.56. The van der Waals surface area contributed by atoms with Crippen LogP contribution in [0.25, 0.3) is 0 Å². The van der Waals surface area contributed by atoms with Gasteiger partial charge in [-0.05, 0) is 13.0 Å². The summed E-state index contributed by atoms with van der Waals surface area (Å²) in [6, 6.07) is 1.83. The molecule has 0 bridgehead atoms. The van der Waals surface area contributed by atoms with Crippen LogP contribution in [-0.4, -0.2) is 30.7 Å². The molecule has 0 aliphatic heterocycles. The lowest BCUT2D eigenvalue weighted by Crippen LogP contribution is -2.35. The molecule has 0 aromatic rings. The number of nitrogens with zero attached hydrogens (tertiary/aromatic N) is 2. The van der Waals surface area contributed by atoms with E-state index in [4.69, 9.17) is 5.26 Å². The van der Waals surface area contributed by atoms with Crippen molar-refractivity contribution < 1.29 is 13.2 Å². The molecule has 0 spiro atoms. The van der Waals surface area contributed by atoms with E-state index in [0.29, 0.717) is 13.0 Å². The average Bonchev–Trinajstić information content (AvgIpc) is 1.98. The van der Waals surface area contributed by atoms with Crippen molar-refractivity contribution in [2.24, 2.45) is 0 Å². The molecular weight excluding hydrogens is 181 g/mol. The van der Waals surface area contributed by atoms with Crippen molar-refractivity contribution in [3.05, 3.63) is 0 Å². The maximum absolute atomic E-state index is 11.9. The highest BCUT2D eigenvalue weighted by atomic mass is 19.4. The third kappa shape index (κ3) is 7.60. The molecule has 0 heterocycles. The first kappa shape index (κ1) is 12.2. The van der Waals surface area contributed by atoms with Crippen LogP contribution in [0.1, 0.15) is 19.8 Å². The Labute approximate surface area is 75.9 Å². The third-order valence-electron chi connectivity index (χ3n) is 1.48. The van der Waals surface area contributed by atoms with Gasteiger partial charge in [-0.25, -0.2) is 0 Å². The Morgan fingerprint density at radius 3 is 2.31 bits per heavy atom. The molecule has 0 radical (unpaired) electrons. The molecule has 2 nitrogen and oxygen atoms in total. The molecular formula is C8H13F3N2. The molecule has 0 aliphatic carbocycles. The number of alkyl halides is 3. The van der Waals surface area contributed by atoms with E-state index < -0.39 is 12.7 Å². The Morgan fingerprint density at radius 1 is 1.31 bits per heavy atom. The first-order valence-electron chi connectivity index (χ1n) is 4.15. The SMILES string of the molecule is CCCN(CCC#N)CC(F)(F)F. The van der Waals surface area contributed by atoms with Gasteiger partial charge in [-0.3, -0.25) is 4.90 Å². The van der Waals surface area contributed by atoms with Gasteiger partial charge >= 0.3 is 6.18 Å². The fourth-order valence-corrected chi connectivity index (χ4v) is 1.05. The van der Waals surface area contributed by atoms with Crippen LogP contribution >= 0.6 is 0 Å². The molecule has 0 aliphatic rings. The number of halogens is 3. The Hall–Kier alpha value is -0.760. The van der Waals surface area contributed by atoms with E-state index >= 15 is 0 Å². The first-order valence-corrected chi connectivity index (χ1v) is 4.15. The molecule has 0 saturated carbocycles. The van der Waals surface area contributed by atoms with Gasteiger partial charge in [0.05, 0.1) is 12.6 Å². The van der Waals surface area contributed by atoms with Crippen molar-refractivity contribution in [3.8, 4) is 6.07 Å². The van der Waals surface area contributed by atoms with E-state index in [0.717, 1.165) is 0 Å². The Balaban J connectivity index is 3.88. The van der Waals surface area contributed by atoms with E-state index in [1.54, 1.807) is 0 Å². The highest BCUT2D eigenvalue weighted by Crippen LogP contribution is 2.16. The number of rotatable bonds is 5. The normalized spacial score (nSPS) is 11.7. The molecule has 76 valence electrons. The summed E-state index contributed by atoms with van der Waals surface area (Å²) in [7, 11) is 0. The van der Waals surface area contributed by atoms with E-state index in [1.165, 1.54) is 4.90 Å². The summed E-state index contributed by atoms with van der Waals surface area (Å²) in [5.41, 5.74) is 0. The van der Waals surface area contributed by atoms with Crippen molar-refractivity contribution in [1.29, 1.82) is 5.26 Å². The minimum Gasteiger partial charge on any atom is -0.294 e. The number of nitriles is 1. The smallest absolute Gasteiger partial charge is 0.294 e. The van der Waals surface area contributed by atoms with Crippen molar-refractivity contribution in [3.63, 3.8) is 0 Å². The summed E-state index contributed by atoms with van der Waals surface area (Å²) in [6.45, 7) is 1.49. The molecule has 5 heteroatoms. The second kappa shape index (κ2) is 5.81. The van der Waals surface area contributed by atoms with E-state index in [2.05, 4.69) is 0 Å². The molecule has 0 atom stereocenters. The predicted molar refractivity (Wildman–Crippen MR) is 43.0 cm³/mol. The van der Waals surface area contributed by atoms with Crippen LogP contribution < -0.4 is 0 Å². The second-order valence-corrected chi connectivity index (χ2v) is 2.80. The van der Waals surface area contributed by atoms with Crippen LogP contribution in [0, 0.1) is 11.3 Å². The summed E-state index contributed by atoms with van der Waals surface area (Å²) < 4.78 is 35.8. The van der Waals surface area contributed by atoms with Crippen molar-refractivity contribution in [2.75, 3.05) is 19.6 Å². The Morgan fingerprint density at radius 2 is 1.92 bits per heavy atom. The van der Waals surface area contributed by atoms with Crippen molar-refractivity contribution in [1.82, 2.24) is 4.90 Å². The molecule has 0 aromatic carbocycles. The van der Waals surface area contributed by atoms with Gasteiger partial charge in [-0.2, -0.15) is 18.4 Å². The van der Waals surface area contributed by atoms with Gasteiger partial charge in [-0.15, -0.1) is 0 Å². The zero-order valence-electron chi connectivity index (χ0n) is 7.56.